The summed E-state index contributed by atoms with van der Waals surface area (Å²) in [7, 11) is 0. The van der Waals surface area contributed by atoms with Crippen LogP contribution in [-0.2, 0) is 0 Å². The summed E-state index contributed by atoms with van der Waals surface area (Å²) in [6.07, 6.45) is 0. The van der Waals surface area contributed by atoms with Crippen molar-refractivity contribution in [2.45, 2.75) is 20.8 Å². The molecule has 0 unspecified atom stereocenters. The Bertz CT molecular complexity index is 632. The monoisotopic (exact) mass is 307 g/mol. The van der Waals surface area contributed by atoms with Gasteiger partial charge >= 0.3 is 6.03 Å². The SMILES string of the molecule is CCNC(=O)N1CCN(C(=O)c2c(C)c(C)n[nH]c2=O)CC1. The molecule has 1 aromatic heterocycles. The number of urea groups is 1. The lowest BCUT2D eigenvalue weighted by Crippen LogP contribution is -2.53. The van der Waals surface area contributed by atoms with Gasteiger partial charge in [0.2, 0.25) is 0 Å². The zero-order valence-electron chi connectivity index (χ0n) is 13.1. The van der Waals surface area contributed by atoms with E-state index in [0.29, 0.717) is 44.0 Å². The van der Waals surface area contributed by atoms with Gasteiger partial charge in [-0.1, -0.05) is 0 Å². The van der Waals surface area contributed by atoms with Gasteiger partial charge in [-0.3, -0.25) is 9.59 Å². The molecular formula is C14H21N5O3. The molecule has 1 saturated heterocycles. The fourth-order valence-electron chi connectivity index (χ4n) is 2.42. The van der Waals surface area contributed by atoms with E-state index in [-0.39, 0.29) is 17.5 Å². The predicted molar refractivity (Wildman–Crippen MR) is 80.9 cm³/mol. The minimum Gasteiger partial charge on any atom is -0.338 e. The molecule has 1 aliphatic rings. The van der Waals surface area contributed by atoms with Crippen LogP contribution in [-0.4, -0.2) is 64.7 Å². The summed E-state index contributed by atoms with van der Waals surface area (Å²) in [5.41, 5.74) is 0.891. The molecule has 3 amide bonds. The Morgan fingerprint density at radius 3 is 2.36 bits per heavy atom. The maximum absolute atomic E-state index is 12.6. The molecule has 0 saturated carbocycles. The van der Waals surface area contributed by atoms with E-state index in [0.717, 1.165) is 0 Å². The molecule has 2 rings (SSSR count). The second-order valence-corrected chi connectivity index (χ2v) is 5.25. The van der Waals surface area contributed by atoms with Gasteiger partial charge in [-0.15, -0.1) is 0 Å². The number of aromatic nitrogens is 2. The maximum Gasteiger partial charge on any atom is 0.317 e. The lowest BCUT2D eigenvalue weighted by atomic mass is 10.1. The number of H-pyrrole nitrogens is 1. The molecule has 1 fully saturated rings. The lowest BCUT2D eigenvalue weighted by molar-refractivity contribution is 0.0662. The number of nitrogens with one attached hydrogen (secondary N) is 2. The molecule has 8 nitrogen and oxygen atoms in total. The number of carbonyl (C=O) groups is 2. The molecule has 2 N–H and O–H groups in total. The number of hydrogen-bond donors (Lipinski definition) is 2. The zero-order chi connectivity index (χ0) is 16.3. The molecule has 8 heteroatoms. The minimum absolute atomic E-state index is 0.122. The van der Waals surface area contributed by atoms with Crippen LogP contribution in [0.3, 0.4) is 0 Å². The Balaban J connectivity index is 2.09. The van der Waals surface area contributed by atoms with Crippen LogP contribution in [0.1, 0.15) is 28.5 Å². The molecule has 0 aromatic carbocycles. The number of piperazine rings is 1. The van der Waals surface area contributed by atoms with Crippen LogP contribution in [0, 0.1) is 13.8 Å². The van der Waals surface area contributed by atoms with Crippen molar-refractivity contribution in [2.75, 3.05) is 32.7 Å². The molecule has 0 aliphatic carbocycles. The van der Waals surface area contributed by atoms with Gasteiger partial charge < -0.3 is 15.1 Å². The van der Waals surface area contributed by atoms with Crippen LogP contribution >= 0.6 is 0 Å². The Morgan fingerprint density at radius 2 is 1.77 bits per heavy atom. The molecule has 1 aliphatic heterocycles. The summed E-state index contributed by atoms with van der Waals surface area (Å²) < 4.78 is 0. The van der Waals surface area contributed by atoms with Gasteiger partial charge in [0.1, 0.15) is 5.56 Å². The first-order valence-corrected chi connectivity index (χ1v) is 7.33. The lowest BCUT2D eigenvalue weighted by Gasteiger charge is -2.34. The van der Waals surface area contributed by atoms with Crippen LogP contribution < -0.4 is 10.9 Å². The molecule has 0 bridgehead atoms. The Kier molecular flexibility index (Phi) is 4.79. The quantitative estimate of drug-likeness (QED) is 0.795. The summed E-state index contributed by atoms with van der Waals surface area (Å²) in [5, 5.41) is 8.93. The first-order valence-electron chi connectivity index (χ1n) is 7.33. The normalized spacial score (nSPS) is 14.9. The highest BCUT2D eigenvalue weighted by atomic mass is 16.2. The summed E-state index contributed by atoms with van der Waals surface area (Å²) in [5.74, 6) is -0.306. The van der Waals surface area contributed by atoms with Gasteiger partial charge in [0.15, 0.2) is 0 Å². The van der Waals surface area contributed by atoms with E-state index in [4.69, 9.17) is 0 Å². The van der Waals surface area contributed by atoms with Gasteiger partial charge in [-0.25, -0.2) is 9.89 Å². The van der Waals surface area contributed by atoms with Crippen LogP contribution in [0.4, 0.5) is 4.79 Å². The maximum atomic E-state index is 12.6. The summed E-state index contributed by atoms with van der Waals surface area (Å²) in [6.45, 7) is 7.63. The van der Waals surface area contributed by atoms with Crippen LogP contribution in [0.5, 0.6) is 0 Å². The first-order chi connectivity index (χ1) is 10.5. The minimum atomic E-state index is -0.473. The van der Waals surface area contributed by atoms with E-state index in [1.165, 1.54) is 0 Å². The molecule has 1 aromatic rings. The number of aromatic amines is 1. The van der Waals surface area contributed by atoms with Crippen molar-refractivity contribution in [2.24, 2.45) is 0 Å². The van der Waals surface area contributed by atoms with E-state index in [1.807, 2.05) is 6.92 Å². The van der Waals surface area contributed by atoms with Gasteiger partial charge in [0, 0.05) is 32.7 Å². The van der Waals surface area contributed by atoms with Crippen molar-refractivity contribution < 1.29 is 9.59 Å². The van der Waals surface area contributed by atoms with Crippen molar-refractivity contribution >= 4 is 11.9 Å². The highest BCUT2D eigenvalue weighted by molar-refractivity contribution is 5.95. The van der Waals surface area contributed by atoms with Crippen molar-refractivity contribution in [3.63, 3.8) is 0 Å². The van der Waals surface area contributed by atoms with Crippen LogP contribution in [0.15, 0.2) is 4.79 Å². The molecule has 0 atom stereocenters. The van der Waals surface area contributed by atoms with E-state index in [9.17, 15) is 14.4 Å². The number of nitrogens with zero attached hydrogens (tertiary/aromatic N) is 3. The molecule has 22 heavy (non-hydrogen) atoms. The van der Waals surface area contributed by atoms with E-state index >= 15 is 0 Å². The van der Waals surface area contributed by atoms with Gasteiger partial charge in [0.05, 0.1) is 5.69 Å². The number of carbonyl (C=O) groups excluding carboxylic acids is 2. The Labute approximate surface area is 128 Å². The molecule has 120 valence electrons. The second kappa shape index (κ2) is 6.59. The summed E-state index contributed by atoms with van der Waals surface area (Å²) in [6, 6.07) is -0.122. The topological polar surface area (TPSA) is 98.4 Å². The van der Waals surface area contributed by atoms with Crippen LogP contribution in [0.2, 0.25) is 0 Å². The third kappa shape index (κ3) is 3.10. The standard InChI is InChI=1S/C14H21N5O3/c1-4-15-14(22)19-7-5-18(6-8-19)13(21)11-9(2)10(3)16-17-12(11)20/h4-8H2,1-3H3,(H,15,22)(H,17,20). The zero-order valence-corrected chi connectivity index (χ0v) is 13.1. The fraction of sp³-hybridized carbons (Fsp3) is 0.571. The van der Waals surface area contributed by atoms with E-state index in [2.05, 4.69) is 15.5 Å². The molecular weight excluding hydrogens is 286 g/mol. The number of amides is 3. The highest BCUT2D eigenvalue weighted by Crippen LogP contribution is 2.11. The van der Waals surface area contributed by atoms with Gasteiger partial charge in [-0.05, 0) is 26.3 Å². The van der Waals surface area contributed by atoms with Crippen LogP contribution in [0.25, 0.3) is 0 Å². The van der Waals surface area contributed by atoms with Gasteiger partial charge in [-0.2, -0.15) is 5.10 Å². The highest BCUT2D eigenvalue weighted by Gasteiger charge is 2.27. The van der Waals surface area contributed by atoms with E-state index in [1.54, 1.807) is 23.6 Å². The van der Waals surface area contributed by atoms with E-state index < -0.39 is 5.56 Å². The second-order valence-electron chi connectivity index (χ2n) is 5.25. The molecule has 0 spiro atoms. The van der Waals surface area contributed by atoms with Crippen molar-refractivity contribution in [1.29, 1.82) is 0 Å². The third-order valence-corrected chi connectivity index (χ3v) is 3.87. The largest absolute Gasteiger partial charge is 0.338 e. The Hall–Kier alpha value is -2.38. The van der Waals surface area contributed by atoms with Crippen molar-refractivity contribution in [3.8, 4) is 0 Å². The number of hydrogen-bond acceptors (Lipinski definition) is 4. The molecule has 2 heterocycles. The predicted octanol–water partition coefficient (Wildman–Crippen LogP) is -0.126. The Morgan fingerprint density at radius 1 is 1.18 bits per heavy atom. The average Bonchev–Trinajstić information content (AvgIpc) is 2.51. The fourth-order valence-corrected chi connectivity index (χ4v) is 2.42. The number of rotatable bonds is 2. The van der Waals surface area contributed by atoms with Gasteiger partial charge in [0.25, 0.3) is 11.5 Å². The van der Waals surface area contributed by atoms with Crippen molar-refractivity contribution in [3.05, 3.63) is 27.2 Å². The average molecular weight is 307 g/mol. The first kappa shape index (κ1) is 16.0. The summed E-state index contributed by atoms with van der Waals surface area (Å²) in [4.78, 5) is 39.5. The molecule has 0 radical (unpaired) electrons. The number of aryl methyl sites for hydroxylation is 1. The van der Waals surface area contributed by atoms with Crippen molar-refractivity contribution in [1.82, 2.24) is 25.3 Å². The third-order valence-electron chi connectivity index (χ3n) is 3.87. The summed E-state index contributed by atoms with van der Waals surface area (Å²) >= 11 is 0. The smallest absolute Gasteiger partial charge is 0.317 e.